The number of amides is 1. The van der Waals surface area contributed by atoms with Gasteiger partial charge in [-0.1, -0.05) is 0 Å². The number of nitrogens with one attached hydrogen (secondary N) is 1. The predicted molar refractivity (Wildman–Crippen MR) is 95.7 cm³/mol. The van der Waals surface area contributed by atoms with E-state index in [1.54, 1.807) is 0 Å². The fraction of sp³-hybridized carbons (Fsp3) is 0.211. The zero-order valence-corrected chi connectivity index (χ0v) is 16.3. The van der Waals surface area contributed by atoms with Crippen molar-refractivity contribution in [3.63, 3.8) is 0 Å². The summed E-state index contributed by atoms with van der Waals surface area (Å²) in [6, 6.07) is 4.80. The van der Waals surface area contributed by atoms with E-state index < -0.39 is 53.7 Å². The lowest BCUT2D eigenvalue weighted by Gasteiger charge is -2.09. The minimum absolute atomic E-state index is 0.0542. The van der Waals surface area contributed by atoms with Gasteiger partial charge in [0.2, 0.25) is 0 Å². The number of carbonyl (C=O) groups excluding carboxylic acids is 2. The first kappa shape index (κ1) is 23.8. The summed E-state index contributed by atoms with van der Waals surface area (Å²) in [5.74, 6) is -3.46. The molecule has 0 saturated heterocycles. The number of esters is 1. The van der Waals surface area contributed by atoms with Gasteiger partial charge in [0.1, 0.15) is 17.3 Å². The van der Waals surface area contributed by atoms with Crippen LogP contribution in [0.3, 0.4) is 0 Å². The second-order valence-corrected chi connectivity index (χ2v) is 6.47. The fourth-order valence-electron chi connectivity index (χ4n) is 2.72. The average molecular weight is 479 g/mol. The summed E-state index contributed by atoms with van der Waals surface area (Å²) in [7, 11) is 1.03. The molecule has 2 aromatic heterocycles. The molecule has 1 amide bonds. The molecule has 0 fully saturated rings. The molecule has 0 saturated carbocycles. The number of benzene rings is 1. The van der Waals surface area contributed by atoms with Gasteiger partial charge in [0.25, 0.3) is 5.91 Å². The zero-order valence-electron chi connectivity index (χ0n) is 16.3. The van der Waals surface area contributed by atoms with Crippen LogP contribution >= 0.6 is 0 Å². The highest BCUT2D eigenvalue weighted by Gasteiger charge is 2.42. The third-order valence-electron chi connectivity index (χ3n) is 4.19. The average Bonchev–Trinajstić information content (AvgIpc) is 3.36. The first-order valence-corrected chi connectivity index (χ1v) is 8.79. The predicted octanol–water partition coefficient (Wildman–Crippen LogP) is 4.74. The minimum Gasteiger partial charge on any atom is -0.465 e. The van der Waals surface area contributed by atoms with Crippen molar-refractivity contribution < 1.29 is 49.5 Å². The number of aromatic nitrogens is 2. The van der Waals surface area contributed by atoms with E-state index >= 15 is 0 Å². The topological polar surface area (TPSA) is 86.4 Å². The Hall–Kier alpha value is -3.84. The highest BCUT2D eigenvalue weighted by atomic mass is 19.4. The molecular weight excluding hydrogens is 467 g/mol. The minimum atomic E-state index is -5.13. The molecule has 0 spiro atoms. The van der Waals surface area contributed by atoms with Crippen LogP contribution in [0.5, 0.6) is 0 Å². The van der Waals surface area contributed by atoms with Gasteiger partial charge < -0.3 is 14.5 Å². The van der Waals surface area contributed by atoms with Crippen LogP contribution in [0.25, 0.3) is 0 Å². The zero-order chi connectivity index (χ0) is 24.6. The summed E-state index contributed by atoms with van der Waals surface area (Å²) in [6.45, 7) is -0.859. The number of alkyl halides is 6. The summed E-state index contributed by atoms with van der Waals surface area (Å²) in [4.78, 5) is 24.1. The molecule has 3 aromatic rings. The largest absolute Gasteiger partial charge is 0.465 e. The van der Waals surface area contributed by atoms with E-state index in [-0.39, 0.29) is 27.8 Å². The lowest BCUT2D eigenvalue weighted by Crippen LogP contribution is -2.16. The summed E-state index contributed by atoms with van der Waals surface area (Å²) >= 11 is 0. The molecule has 0 aliphatic heterocycles. The number of furan rings is 1. The van der Waals surface area contributed by atoms with Crippen molar-refractivity contribution >= 4 is 17.6 Å². The molecule has 7 nitrogen and oxygen atoms in total. The molecule has 0 aliphatic rings. The van der Waals surface area contributed by atoms with Gasteiger partial charge in [-0.05, 0) is 30.3 Å². The van der Waals surface area contributed by atoms with Crippen molar-refractivity contribution in [1.82, 2.24) is 9.78 Å². The number of halogens is 7. The van der Waals surface area contributed by atoms with Crippen LogP contribution in [-0.4, -0.2) is 28.8 Å². The summed E-state index contributed by atoms with van der Waals surface area (Å²) in [5.41, 5.74) is -3.87. The van der Waals surface area contributed by atoms with E-state index in [0.29, 0.717) is 0 Å². The van der Waals surface area contributed by atoms with E-state index in [1.807, 2.05) is 0 Å². The van der Waals surface area contributed by atoms with Crippen LogP contribution in [0, 0.1) is 5.82 Å². The number of nitrogens with zero attached hydrogens (tertiary/aromatic N) is 2. The Labute approximate surface area is 179 Å². The third-order valence-corrected chi connectivity index (χ3v) is 4.19. The molecule has 0 unspecified atom stereocenters. The number of methoxy groups -OCH3 is 1. The summed E-state index contributed by atoms with van der Waals surface area (Å²) in [6.07, 6.45) is -10.2. The molecule has 0 aliphatic carbocycles. The van der Waals surface area contributed by atoms with Crippen LogP contribution in [0.1, 0.15) is 38.1 Å². The van der Waals surface area contributed by atoms with E-state index in [9.17, 15) is 40.3 Å². The molecule has 14 heteroatoms. The molecule has 33 heavy (non-hydrogen) atoms. The maximum atomic E-state index is 13.4. The smallest absolute Gasteiger partial charge is 0.435 e. The Morgan fingerprint density at radius 3 is 2.36 bits per heavy atom. The molecule has 3 rings (SSSR count). The van der Waals surface area contributed by atoms with Gasteiger partial charge in [-0.15, -0.1) is 0 Å². The van der Waals surface area contributed by atoms with Gasteiger partial charge in [-0.2, -0.15) is 31.4 Å². The SMILES string of the molecule is COC(=O)c1cc(F)ccc1NC(=O)c1ccc(Cn2nc(C(F)(F)F)cc2C(F)(F)F)o1. The van der Waals surface area contributed by atoms with Crippen LogP contribution in [0.2, 0.25) is 0 Å². The van der Waals surface area contributed by atoms with Crippen molar-refractivity contribution in [3.05, 3.63) is 70.7 Å². The first-order chi connectivity index (χ1) is 15.3. The van der Waals surface area contributed by atoms with Gasteiger partial charge in [-0.3, -0.25) is 9.48 Å². The molecule has 0 radical (unpaired) electrons. The normalized spacial score (nSPS) is 12.0. The van der Waals surface area contributed by atoms with Gasteiger partial charge >= 0.3 is 18.3 Å². The van der Waals surface area contributed by atoms with Crippen LogP contribution in [-0.2, 0) is 23.6 Å². The van der Waals surface area contributed by atoms with Crippen LogP contribution in [0.15, 0.2) is 40.8 Å². The fourth-order valence-corrected chi connectivity index (χ4v) is 2.72. The molecule has 176 valence electrons. The van der Waals surface area contributed by atoms with Crippen molar-refractivity contribution in [3.8, 4) is 0 Å². The van der Waals surface area contributed by atoms with Gasteiger partial charge in [0.15, 0.2) is 11.5 Å². The maximum absolute atomic E-state index is 13.4. The van der Waals surface area contributed by atoms with Gasteiger partial charge in [0, 0.05) is 6.07 Å². The Bertz CT molecular complexity index is 1190. The van der Waals surface area contributed by atoms with Crippen molar-refractivity contribution in [2.45, 2.75) is 18.9 Å². The summed E-state index contributed by atoms with van der Waals surface area (Å²) < 4.78 is 101. The lowest BCUT2D eigenvalue weighted by atomic mass is 10.1. The Morgan fingerprint density at radius 1 is 1.06 bits per heavy atom. The van der Waals surface area contributed by atoms with Crippen molar-refractivity contribution in [1.29, 1.82) is 0 Å². The monoisotopic (exact) mass is 479 g/mol. The number of hydrogen-bond acceptors (Lipinski definition) is 5. The quantitative estimate of drug-likeness (QED) is 0.422. The second-order valence-electron chi connectivity index (χ2n) is 6.47. The standard InChI is InChI=1S/C19H12F7N3O4/c1-32-17(31)11-6-9(20)2-4-12(11)27-16(30)13-5-3-10(33-13)8-29-15(19(24,25)26)7-14(28-29)18(21,22)23/h2-7H,8H2,1H3,(H,27,30). The molecular formula is C19H12F7N3O4. The number of hydrogen-bond donors (Lipinski definition) is 1. The molecule has 0 bridgehead atoms. The van der Waals surface area contributed by atoms with E-state index in [4.69, 9.17) is 4.42 Å². The highest BCUT2D eigenvalue weighted by molar-refractivity contribution is 6.06. The number of rotatable bonds is 5. The Kier molecular flexibility index (Phi) is 6.20. The van der Waals surface area contributed by atoms with Crippen molar-refractivity contribution in [2.24, 2.45) is 0 Å². The molecule has 2 heterocycles. The van der Waals surface area contributed by atoms with E-state index in [1.165, 1.54) is 0 Å². The molecule has 0 atom stereocenters. The summed E-state index contributed by atoms with van der Waals surface area (Å²) in [5, 5.41) is 5.19. The Balaban J connectivity index is 1.84. The Morgan fingerprint density at radius 2 is 1.76 bits per heavy atom. The van der Waals surface area contributed by atoms with Gasteiger partial charge in [-0.25, -0.2) is 9.18 Å². The lowest BCUT2D eigenvalue weighted by molar-refractivity contribution is -0.144. The maximum Gasteiger partial charge on any atom is 0.435 e. The van der Waals surface area contributed by atoms with Gasteiger partial charge in [0.05, 0.1) is 24.9 Å². The second kappa shape index (κ2) is 8.60. The van der Waals surface area contributed by atoms with Crippen molar-refractivity contribution in [2.75, 3.05) is 12.4 Å². The number of carbonyl (C=O) groups is 2. The third kappa shape index (κ3) is 5.32. The van der Waals surface area contributed by atoms with Crippen LogP contribution in [0.4, 0.5) is 36.4 Å². The van der Waals surface area contributed by atoms with Crippen LogP contribution < -0.4 is 5.32 Å². The number of anilines is 1. The first-order valence-electron chi connectivity index (χ1n) is 8.79. The molecule has 1 aromatic carbocycles. The number of ether oxygens (including phenoxy) is 1. The highest BCUT2D eigenvalue weighted by Crippen LogP contribution is 2.35. The molecule has 1 N–H and O–H groups in total. The van der Waals surface area contributed by atoms with E-state index in [0.717, 1.165) is 37.4 Å². The van der Waals surface area contributed by atoms with E-state index in [2.05, 4.69) is 15.2 Å².